The third-order valence-corrected chi connectivity index (χ3v) is 3.80. The van der Waals surface area contributed by atoms with Gasteiger partial charge < -0.3 is 9.32 Å². The van der Waals surface area contributed by atoms with Gasteiger partial charge in [-0.3, -0.25) is 4.79 Å². The van der Waals surface area contributed by atoms with Crippen LogP contribution in [0.2, 0.25) is 0 Å². The van der Waals surface area contributed by atoms with Crippen LogP contribution in [0.1, 0.15) is 29.2 Å². The summed E-state index contributed by atoms with van der Waals surface area (Å²) >= 11 is 0. The molecule has 2 heterocycles. The van der Waals surface area contributed by atoms with Gasteiger partial charge in [0.1, 0.15) is 5.76 Å². The van der Waals surface area contributed by atoms with Crippen molar-refractivity contribution in [3.63, 3.8) is 0 Å². The van der Waals surface area contributed by atoms with Crippen molar-refractivity contribution in [3.8, 4) is 0 Å². The summed E-state index contributed by atoms with van der Waals surface area (Å²) in [7, 11) is -3.24. The Labute approximate surface area is 112 Å². The lowest BCUT2D eigenvalue weighted by Crippen LogP contribution is -2.49. The normalized spacial score (nSPS) is 20.5. The fourth-order valence-electron chi connectivity index (χ4n) is 2.27. The molecule has 106 valence electrons. The molecule has 0 aliphatic carbocycles. The number of furan rings is 1. The third-order valence-electron chi connectivity index (χ3n) is 3.04. The molecule has 1 aliphatic rings. The average molecular weight is 286 g/mol. The van der Waals surface area contributed by atoms with Crippen LogP contribution in [0.3, 0.4) is 0 Å². The number of nitrogens with one attached hydrogen (secondary N) is 1. The van der Waals surface area contributed by atoms with Crippen molar-refractivity contribution in [2.24, 2.45) is 0 Å². The van der Waals surface area contributed by atoms with E-state index in [0.29, 0.717) is 24.6 Å². The molecule has 0 spiro atoms. The number of carbonyl (C=O) groups excluding carboxylic acids is 1. The second-order valence-electron chi connectivity index (χ2n) is 4.89. The molecule has 0 aromatic carbocycles. The molecule has 19 heavy (non-hydrogen) atoms. The number of amides is 1. The lowest BCUT2D eigenvalue weighted by molar-refractivity contribution is 0.0669. The summed E-state index contributed by atoms with van der Waals surface area (Å²) < 4.78 is 30.3. The third kappa shape index (κ3) is 3.81. The molecule has 1 saturated heterocycles. The Balaban J connectivity index is 2.03. The van der Waals surface area contributed by atoms with E-state index in [1.54, 1.807) is 24.0 Å². The van der Waals surface area contributed by atoms with E-state index in [0.717, 1.165) is 19.1 Å². The van der Waals surface area contributed by atoms with Gasteiger partial charge in [0.2, 0.25) is 10.0 Å². The first-order valence-corrected chi connectivity index (χ1v) is 8.07. The van der Waals surface area contributed by atoms with Crippen LogP contribution in [0.25, 0.3) is 0 Å². The van der Waals surface area contributed by atoms with Gasteiger partial charge in [-0.2, -0.15) is 0 Å². The van der Waals surface area contributed by atoms with E-state index in [1.807, 2.05) is 0 Å². The van der Waals surface area contributed by atoms with Gasteiger partial charge in [-0.1, -0.05) is 0 Å². The minimum Gasteiger partial charge on any atom is -0.456 e. The first kappa shape index (κ1) is 14.1. The van der Waals surface area contributed by atoms with Crippen LogP contribution < -0.4 is 4.72 Å². The Kier molecular flexibility index (Phi) is 3.96. The number of likely N-dealkylation sites (tertiary alicyclic amines) is 1. The van der Waals surface area contributed by atoms with Crippen LogP contribution >= 0.6 is 0 Å². The van der Waals surface area contributed by atoms with Gasteiger partial charge in [0.15, 0.2) is 5.76 Å². The first-order chi connectivity index (χ1) is 8.85. The van der Waals surface area contributed by atoms with Gasteiger partial charge in [0, 0.05) is 19.1 Å². The van der Waals surface area contributed by atoms with Crippen molar-refractivity contribution in [3.05, 3.63) is 23.7 Å². The average Bonchev–Trinajstić information content (AvgIpc) is 2.73. The highest BCUT2D eigenvalue weighted by Crippen LogP contribution is 2.16. The number of hydrogen-bond donors (Lipinski definition) is 1. The van der Waals surface area contributed by atoms with E-state index in [1.165, 1.54) is 0 Å². The van der Waals surface area contributed by atoms with Gasteiger partial charge in [-0.05, 0) is 31.9 Å². The largest absolute Gasteiger partial charge is 0.456 e. The lowest BCUT2D eigenvalue weighted by atomic mass is 10.1. The lowest BCUT2D eigenvalue weighted by Gasteiger charge is -2.32. The van der Waals surface area contributed by atoms with Crippen LogP contribution in [-0.4, -0.2) is 44.6 Å². The maximum Gasteiger partial charge on any atom is 0.289 e. The number of rotatable bonds is 3. The molecule has 0 unspecified atom stereocenters. The summed E-state index contributed by atoms with van der Waals surface area (Å²) in [4.78, 5) is 13.8. The Morgan fingerprint density at radius 1 is 1.47 bits per heavy atom. The Hall–Kier alpha value is -1.34. The summed E-state index contributed by atoms with van der Waals surface area (Å²) in [5.74, 6) is 0.803. The SMILES string of the molecule is Cc1ccc(C(=O)N2CCC[C@@H](NS(C)(=O)=O)C2)o1. The predicted octanol–water partition coefficient (Wildman–Crippen LogP) is 0.742. The molecule has 1 atom stereocenters. The molecule has 1 amide bonds. The molecular formula is C12H18N2O4S. The van der Waals surface area contributed by atoms with Gasteiger partial charge in [0.05, 0.1) is 6.26 Å². The first-order valence-electron chi connectivity index (χ1n) is 6.18. The van der Waals surface area contributed by atoms with Crippen molar-refractivity contribution in [2.75, 3.05) is 19.3 Å². The predicted molar refractivity (Wildman–Crippen MR) is 70.4 cm³/mol. The van der Waals surface area contributed by atoms with Gasteiger partial charge in [-0.25, -0.2) is 13.1 Å². The van der Waals surface area contributed by atoms with Gasteiger partial charge in [0.25, 0.3) is 5.91 Å². The zero-order chi connectivity index (χ0) is 14.0. The molecular weight excluding hydrogens is 268 g/mol. The number of carbonyl (C=O) groups is 1. The van der Waals surface area contributed by atoms with Gasteiger partial charge in [-0.15, -0.1) is 0 Å². The number of hydrogen-bond acceptors (Lipinski definition) is 4. The van der Waals surface area contributed by atoms with Crippen LogP contribution in [0.4, 0.5) is 0 Å². The molecule has 7 heteroatoms. The molecule has 0 bridgehead atoms. The molecule has 1 fully saturated rings. The number of nitrogens with zero attached hydrogens (tertiary/aromatic N) is 1. The summed E-state index contributed by atoms with van der Waals surface area (Å²) in [5, 5.41) is 0. The number of piperidine rings is 1. The van der Waals surface area contributed by atoms with Crippen molar-refractivity contribution in [1.82, 2.24) is 9.62 Å². The second kappa shape index (κ2) is 5.34. The number of sulfonamides is 1. The molecule has 6 nitrogen and oxygen atoms in total. The summed E-state index contributed by atoms with van der Waals surface area (Å²) in [6, 6.07) is 3.16. The van der Waals surface area contributed by atoms with E-state index in [-0.39, 0.29) is 11.9 Å². The highest BCUT2D eigenvalue weighted by molar-refractivity contribution is 7.88. The zero-order valence-electron chi connectivity index (χ0n) is 11.0. The maximum absolute atomic E-state index is 12.2. The molecule has 1 aromatic rings. The quantitative estimate of drug-likeness (QED) is 0.889. The zero-order valence-corrected chi connectivity index (χ0v) is 11.9. The summed E-state index contributed by atoms with van der Waals surface area (Å²) in [6.07, 6.45) is 2.65. The maximum atomic E-state index is 12.2. The molecule has 2 rings (SSSR count). The fraction of sp³-hybridized carbons (Fsp3) is 0.583. The standard InChI is InChI=1S/C12H18N2O4S/c1-9-5-6-11(18-9)12(15)14-7-3-4-10(8-14)13-19(2,16)17/h5-6,10,13H,3-4,7-8H2,1-2H3/t10-/m1/s1. The highest BCUT2D eigenvalue weighted by Gasteiger charge is 2.27. The Morgan fingerprint density at radius 3 is 2.79 bits per heavy atom. The second-order valence-corrected chi connectivity index (χ2v) is 6.67. The summed E-state index contributed by atoms with van der Waals surface area (Å²) in [6.45, 7) is 2.78. The van der Waals surface area contributed by atoms with Crippen LogP contribution in [-0.2, 0) is 10.0 Å². The fourth-order valence-corrected chi connectivity index (χ4v) is 3.06. The van der Waals surface area contributed by atoms with Crippen LogP contribution in [0.15, 0.2) is 16.5 Å². The van der Waals surface area contributed by atoms with Crippen molar-refractivity contribution in [1.29, 1.82) is 0 Å². The molecule has 1 N–H and O–H groups in total. The Bertz CT molecular complexity index is 564. The number of aryl methyl sites for hydroxylation is 1. The molecule has 0 saturated carbocycles. The van der Waals surface area contributed by atoms with E-state index in [4.69, 9.17) is 4.42 Å². The van der Waals surface area contributed by atoms with Crippen LogP contribution in [0.5, 0.6) is 0 Å². The monoisotopic (exact) mass is 286 g/mol. The van der Waals surface area contributed by atoms with E-state index >= 15 is 0 Å². The molecule has 1 aliphatic heterocycles. The molecule has 0 radical (unpaired) electrons. The highest BCUT2D eigenvalue weighted by atomic mass is 32.2. The van der Waals surface area contributed by atoms with Crippen molar-refractivity contribution >= 4 is 15.9 Å². The molecule has 1 aromatic heterocycles. The minimum absolute atomic E-state index is 0.187. The van der Waals surface area contributed by atoms with Gasteiger partial charge >= 0.3 is 0 Å². The van der Waals surface area contributed by atoms with Crippen molar-refractivity contribution in [2.45, 2.75) is 25.8 Å². The summed E-state index contributed by atoms with van der Waals surface area (Å²) in [5.41, 5.74) is 0. The van der Waals surface area contributed by atoms with E-state index in [9.17, 15) is 13.2 Å². The van der Waals surface area contributed by atoms with E-state index in [2.05, 4.69) is 4.72 Å². The Morgan fingerprint density at radius 2 is 2.21 bits per heavy atom. The van der Waals surface area contributed by atoms with E-state index < -0.39 is 10.0 Å². The topological polar surface area (TPSA) is 79.6 Å². The smallest absolute Gasteiger partial charge is 0.289 e. The van der Waals surface area contributed by atoms with Crippen LogP contribution in [0, 0.1) is 6.92 Å². The van der Waals surface area contributed by atoms with Crippen molar-refractivity contribution < 1.29 is 17.6 Å². The minimum atomic E-state index is -3.24.